The molecule has 1 aromatic heterocycles. The highest BCUT2D eigenvalue weighted by Crippen LogP contribution is 2.62. The number of thiophene rings is 1. The van der Waals surface area contributed by atoms with Crippen molar-refractivity contribution in [2.24, 2.45) is 16.7 Å². The Morgan fingerprint density at radius 1 is 1.45 bits per heavy atom. The van der Waals surface area contributed by atoms with Crippen LogP contribution in [0.1, 0.15) is 44.9 Å². The Morgan fingerprint density at radius 3 is 2.75 bits per heavy atom. The topological polar surface area (TPSA) is 55.2 Å². The predicted molar refractivity (Wildman–Crippen MR) is 80.8 cm³/mol. The van der Waals surface area contributed by atoms with Gasteiger partial charge in [-0.15, -0.1) is 0 Å². The first-order valence-corrected chi connectivity index (χ1v) is 8.11. The van der Waals surface area contributed by atoms with Crippen LogP contribution in [0.5, 0.6) is 0 Å². The molecular formula is C15H22N2O2S. The van der Waals surface area contributed by atoms with Crippen molar-refractivity contribution in [3.8, 4) is 0 Å². The molecule has 0 aromatic carbocycles. The molecule has 2 aliphatic rings. The van der Waals surface area contributed by atoms with E-state index in [1.165, 1.54) is 30.6 Å². The summed E-state index contributed by atoms with van der Waals surface area (Å²) in [5.74, 6) is 0.822. The van der Waals surface area contributed by atoms with Crippen molar-refractivity contribution in [3.63, 3.8) is 0 Å². The number of fused-ring (bicyclic) bond motifs is 2. The van der Waals surface area contributed by atoms with E-state index in [0.29, 0.717) is 16.9 Å². The fraction of sp³-hybridized carbons (Fsp3) is 0.733. The molecule has 0 spiro atoms. The fourth-order valence-corrected chi connectivity index (χ4v) is 5.34. The molecule has 5 heteroatoms. The van der Waals surface area contributed by atoms with Crippen LogP contribution in [0.25, 0.3) is 0 Å². The maximum atomic E-state index is 10.7. The van der Waals surface area contributed by atoms with E-state index in [1.807, 2.05) is 6.07 Å². The smallest absolute Gasteiger partial charge is 0.308 e. The van der Waals surface area contributed by atoms with Crippen molar-refractivity contribution < 1.29 is 4.92 Å². The van der Waals surface area contributed by atoms with Crippen LogP contribution in [0.2, 0.25) is 0 Å². The maximum absolute atomic E-state index is 10.7. The van der Waals surface area contributed by atoms with Crippen molar-refractivity contribution in [1.29, 1.82) is 0 Å². The molecule has 3 unspecified atom stereocenters. The summed E-state index contributed by atoms with van der Waals surface area (Å²) in [6.07, 6.45) is 3.98. The number of nitrogens with zero attached hydrogens (tertiary/aromatic N) is 1. The average molecular weight is 294 g/mol. The number of nitrogens with one attached hydrogen (secondary N) is 1. The molecule has 0 amide bonds. The molecule has 0 saturated heterocycles. The van der Waals surface area contributed by atoms with Crippen LogP contribution in [-0.4, -0.2) is 11.0 Å². The molecule has 2 bridgehead atoms. The van der Waals surface area contributed by atoms with Crippen LogP contribution >= 0.6 is 11.3 Å². The number of rotatable bonds is 4. The van der Waals surface area contributed by atoms with Crippen molar-refractivity contribution >= 4 is 16.3 Å². The Kier molecular flexibility index (Phi) is 3.18. The van der Waals surface area contributed by atoms with E-state index in [-0.39, 0.29) is 9.92 Å². The summed E-state index contributed by atoms with van der Waals surface area (Å²) in [5, 5.41) is 14.7. The highest BCUT2D eigenvalue weighted by molar-refractivity contribution is 7.15. The van der Waals surface area contributed by atoms with E-state index < -0.39 is 0 Å². The lowest BCUT2D eigenvalue weighted by atomic mass is 9.68. The summed E-state index contributed by atoms with van der Waals surface area (Å²) < 4.78 is 0. The van der Waals surface area contributed by atoms with E-state index >= 15 is 0 Å². The van der Waals surface area contributed by atoms with E-state index in [4.69, 9.17) is 0 Å². The zero-order valence-corrected chi connectivity index (χ0v) is 13.1. The highest BCUT2D eigenvalue weighted by Gasteiger charge is 2.58. The van der Waals surface area contributed by atoms with Crippen LogP contribution in [-0.2, 0) is 6.54 Å². The predicted octanol–water partition coefficient (Wildman–Crippen LogP) is 3.96. The van der Waals surface area contributed by atoms with Gasteiger partial charge in [-0.05, 0) is 42.1 Å². The monoisotopic (exact) mass is 294 g/mol. The zero-order chi connectivity index (χ0) is 14.5. The Bertz CT molecular complexity index is 535. The highest BCUT2D eigenvalue weighted by atomic mass is 32.1. The van der Waals surface area contributed by atoms with Gasteiger partial charge in [0.1, 0.15) is 0 Å². The van der Waals surface area contributed by atoms with Crippen molar-refractivity contribution in [3.05, 3.63) is 27.1 Å². The Balaban J connectivity index is 1.70. The summed E-state index contributed by atoms with van der Waals surface area (Å²) in [5.41, 5.74) is 0.730. The lowest BCUT2D eigenvalue weighted by molar-refractivity contribution is -0.380. The van der Waals surface area contributed by atoms with E-state index in [2.05, 4.69) is 26.1 Å². The summed E-state index contributed by atoms with van der Waals surface area (Å²) in [6.45, 7) is 7.89. The molecular weight excluding hydrogens is 272 g/mol. The van der Waals surface area contributed by atoms with Crippen LogP contribution in [0.3, 0.4) is 0 Å². The average Bonchev–Trinajstić information content (AvgIpc) is 2.99. The molecule has 0 radical (unpaired) electrons. The second-order valence-corrected chi connectivity index (χ2v) is 8.37. The minimum absolute atomic E-state index is 0.236. The van der Waals surface area contributed by atoms with Gasteiger partial charge in [-0.3, -0.25) is 10.1 Å². The summed E-state index contributed by atoms with van der Waals surface area (Å²) in [6, 6.07) is 3.99. The third kappa shape index (κ3) is 2.07. The molecule has 20 heavy (non-hydrogen) atoms. The summed E-state index contributed by atoms with van der Waals surface area (Å²) in [4.78, 5) is 11.5. The van der Waals surface area contributed by atoms with E-state index in [9.17, 15) is 10.1 Å². The number of hydrogen-bond acceptors (Lipinski definition) is 4. The number of hydrogen-bond donors (Lipinski definition) is 1. The third-order valence-corrected chi connectivity index (χ3v) is 6.61. The Labute approximate surface area is 123 Å². The molecule has 2 saturated carbocycles. The van der Waals surface area contributed by atoms with Crippen LogP contribution < -0.4 is 5.32 Å². The van der Waals surface area contributed by atoms with Crippen molar-refractivity contribution in [2.75, 3.05) is 0 Å². The zero-order valence-electron chi connectivity index (χ0n) is 12.3. The second kappa shape index (κ2) is 4.53. The van der Waals surface area contributed by atoms with Gasteiger partial charge in [0.25, 0.3) is 0 Å². The second-order valence-electron chi connectivity index (χ2n) is 7.23. The fourth-order valence-electron chi connectivity index (χ4n) is 4.57. The van der Waals surface area contributed by atoms with E-state index in [1.54, 1.807) is 6.07 Å². The van der Waals surface area contributed by atoms with Crippen LogP contribution in [0, 0.1) is 26.9 Å². The normalized spacial score (nSPS) is 34.5. The molecule has 110 valence electrons. The molecule has 4 nitrogen and oxygen atoms in total. The Hall–Kier alpha value is -0.940. The van der Waals surface area contributed by atoms with Crippen LogP contribution in [0.4, 0.5) is 5.00 Å². The quantitative estimate of drug-likeness (QED) is 0.675. The number of nitro groups is 1. The van der Waals surface area contributed by atoms with E-state index in [0.717, 1.165) is 17.3 Å². The molecule has 1 N–H and O–H groups in total. The van der Waals surface area contributed by atoms with Gasteiger partial charge < -0.3 is 5.32 Å². The largest absolute Gasteiger partial charge is 0.324 e. The van der Waals surface area contributed by atoms with Gasteiger partial charge in [-0.2, -0.15) is 0 Å². The molecule has 3 atom stereocenters. The van der Waals surface area contributed by atoms with Gasteiger partial charge in [-0.25, -0.2) is 0 Å². The van der Waals surface area contributed by atoms with Gasteiger partial charge in [0.15, 0.2) is 0 Å². The van der Waals surface area contributed by atoms with Crippen LogP contribution in [0.15, 0.2) is 12.1 Å². The van der Waals surface area contributed by atoms with Gasteiger partial charge >= 0.3 is 5.00 Å². The molecule has 1 heterocycles. The lowest BCUT2D eigenvalue weighted by Crippen LogP contribution is -2.49. The lowest BCUT2D eigenvalue weighted by Gasteiger charge is -2.43. The maximum Gasteiger partial charge on any atom is 0.324 e. The van der Waals surface area contributed by atoms with Gasteiger partial charge in [0, 0.05) is 23.5 Å². The summed E-state index contributed by atoms with van der Waals surface area (Å²) >= 11 is 1.28. The Morgan fingerprint density at radius 2 is 2.20 bits per heavy atom. The molecule has 2 aliphatic carbocycles. The van der Waals surface area contributed by atoms with Gasteiger partial charge in [-0.1, -0.05) is 32.1 Å². The van der Waals surface area contributed by atoms with Gasteiger partial charge in [0.2, 0.25) is 0 Å². The first-order valence-electron chi connectivity index (χ1n) is 7.29. The SMILES string of the molecule is CC12CCC(C1)C(C)(C)C2NCc1ccc([N+](=O)[O-])s1. The minimum atomic E-state index is -0.309. The van der Waals surface area contributed by atoms with Gasteiger partial charge in [0.05, 0.1) is 4.92 Å². The molecule has 0 aliphatic heterocycles. The molecule has 1 aromatic rings. The third-order valence-electron chi connectivity index (χ3n) is 5.58. The van der Waals surface area contributed by atoms with Crippen molar-refractivity contribution in [1.82, 2.24) is 5.32 Å². The first kappa shape index (κ1) is 14.0. The standard InChI is InChI=1S/C15H22N2O2S/c1-14(2)10-6-7-15(3,8-10)13(14)16-9-11-4-5-12(20-11)17(18)19/h4-5,10,13,16H,6-9H2,1-3H3. The molecule has 2 fully saturated rings. The minimum Gasteiger partial charge on any atom is -0.308 e. The van der Waals surface area contributed by atoms with Crippen molar-refractivity contribution in [2.45, 2.75) is 52.6 Å². The first-order chi connectivity index (χ1) is 9.33. The molecule has 3 rings (SSSR count). The summed E-state index contributed by atoms with van der Waals surface area (Å²) in [7, 11) is 0.